The Kier molecular flexibility index (Phi) is 9.14. The lowest BCUT2D eigenvalue weighted by molar-refractivity contribution is 0.274. The molecule has 0 heterocycles. The van der Waals surface area contributed by atoms with Gasteiger partial charge in [-0.25, -0.2) is 8.42 Å². The van der Waals surface area contributed by atoms with Gasteiger partial charge in [-0.05, 0) is 75.5 Å². The second-order valence-corrected chi connectivity index (χ2v) is 11.1. The van der Waals surface area contributed by atoms with Crippen LogP contribution in [0.2, 0.25) is 0 Å². The molecule has 1 aliphatic rings. The van der Waals surface area contributed by atoms with Crippen LogP contribution in [0, 0.1) is 11.8 Å². The van der Waals surface area contributed by atoms with Crippen molar-refractivity contribution in [1.82, 2.24) is 0 Å². The van der Waals surface area contributed by atoms with E-state index in [4.69, 9.17) is 4.74 Å². The zero-order valence-electron chi connectivity index (χ0n) is 17.5. The van der Waals surface area contributed by atoms with Crippen LogP contribution in [0.1, 0.15) is 77.7 Å². The third-order valence-corrected chi connectivity index (χ3v) is 8.27. The van der Waals surface area contributed by atoms with E-state index >= 15 is 0 Å². The summed E-state index contributed by atoms with van der Waals surface area (Å²) in [6.45, 7) is 6.57. The van der Waals surface area contributed by atoms with Crippen molar-refractivity contribution in [2.75, 3.05) is 12.4 Å². The van der Waals surface area contributed by atoms with Crippen LogP contribution >= 0.6 is 0 Å². The normalized spacial score (nSPS) is 20.7. The summed E-state index contributed by atoms with van der Waals surface area (Å²) in [5.74, 6) is 2.53. The lowest BCUT2D eigenvalue weighted by atomic mass is 9.80. The number of aryl methyl sites for hydroxylation is 1. The van der Waals surface area contributed by atoms with Gasteiger partial charge in [-0.1, -0.05) is 44.7 Å². The van der Waals surface area contributed by atoms with E-state index in [1.807, 2.05) is 6.07 Å². The molecule has 0 saturated heterocycles. The molecule has 0 radical (unpaired) electrons. The summed E-state index contributed by atoms with van der Waals surface area (Å²) in [5, 5.41) is -0.239. The van der Waals surface area contributed by atoms with E-state index in [2.05, 4.69) is 25.1 Å². The minimum absolute atomic E-state index is 0.239. The van der Waals surface area contributed by atoms with Crippen molar-refractivity contribution in [3.05, 3.63) is 29.8 Å². The van der Waals surface area contributed by atoms with Gasteiger partial charge in [-0.3, -0.25) is 0 Å². The molecule has 0 amide bonds. The van der Waals surface area contributed by atoms with Crippen molar-refractivity contribution >= 4 is 9.84 Å². The molecule has 0 aliphatic heterocycles. The Labute approximate surface area is 166 Å². The van der Waals surface area contributed by atoms with E-state index in [-0.39, 0.29) is 5.25 Å². The minimum atomic E-state index is -2.89. The first kappa shape index (κ1) is 22.3. The number of ether oxygens (including phenoxy) is 1. The summed E-state index contributed by atoms with van der Waals surface area (Å²) < 4.78 is 30.0. The molecule has 0 unspecified atom stereocenters. The molecule has 4 heteroatoms. The van der Waals surface area contributed by atoms with Gasteiger partial charge in [-0.15, -0.1) is 0 Å². The van der Waals surface area contributed by atoms with Crippen LogP contribution in [0.5, 0.6) is 5.75 Å². The second-order valence-electron chi connectivity index (χ2n) is 8.51. The monoisotopic (exact) mass is 394 g/mol. The molecule has 0 spiro atoms. The molecular weight excluding hydrogens is 356 g/mol. The Morgan fingerprint density at radius 2 is 1.78 bits per heavy atom. The smallest absolute Gasteiger partial charge is 0.152 e. The van der Waals surface area contributed by atoms with Gasteiger partial charge in [0, 0.05) is 0 Å². The van der Waals surface area contributed by atoms with E-state index in [0.717, 1.165) is 50.4 Å². The molecular formula is C23H38O3S. The first-order valence-corrected chi connectivity index (χ1v) is 12.6. The fraction of sp³-hybridized carbons (Fsp3) is 0.739. The molecule has 0 bridgehead atoms. The molecule has 0 atom stereocenters. The van der Waals surface area contributed by atoms with Crippen LogP contribution in [0.4, 0.5) is 0 Å². The van der Waals surface area contributed by atoms with Gasteiger partial charge in [0.1, 0.15) is 5.75 Å². The van der Waals surface area contributed by atoms with Gasteiger partial charge < -0.3 is 4.74 Å². The SMILES string of the molecule is CCCCOc1cccc(CCCC2CCC(CS(=O)(=O)C(C)C)CC2)c1. The second kappa shape index (κ2) is 11.1. The van der Waals surface area contributed by atoms with Gasteiger partial charge in [0.15, 0.2) is 9.84 Å². The van der Waals surface area contributed by atoms with Gasteiger partial charge in [0.05, 0.1) is 17.6 Å². The van der Waals surface area contributed by atoms with Crippen molar-refractivity contribution in [3.8, 4) is 5.75 Å². The maximum atomic E-state index is 12.1. The average molecular weight is 395 g/mol. The fourth-order valence-corrected chi connectivity index (χ4v) is 5.30. The highest BCUT2D eigenvalue weighted by molar-refractivity contribution is 7.91. The highest BCUT2D eigenvalue weighted by Crippen LogP contribution is 2.33. The van der Waals surface area contributed by atoms with E-state index < -0.39 is 9.84 Å². The third-order valence-electron chi connectivity index (χ3n) is 5.90. The van der Waals surface area contributed by atoms with Crippen molar-refractivity contribution in [3.63, 3.8) is 0 Å². The Bertz CT molecular complexity index is 643. The Balaban J connectivity index is 1.68. The largest absolute Gasteiger partial charge is 0.494 e. The lowest BCUT2D eigenvalue weighted by Gasteiger charge is -2.28. The number of sulfone groups is 1. The van der Waals surface area contributed by atoms with Crippen LogP contribution in [0.15, 0.2) is 24.3 Å². The average Bonchev–Trinajstić information content (AvgIpc) is 2.63. The van der Waals surface area contributed by atoms with E-state index in [1.165, 1.54) is 31.2 Å². The van der Waals surface area contributed by atoms with Crippen molar-refractivity contribution in [1.29, 1.82) is 0 Å². The maximum absolute atomic E-state index is 12.1. The van der Waals surface area contributed by atoms with Crippen molar-refractivity contribution in [2.45, 2.75) is 83.8 Å². The topological polar surface area (TPSA) is 43.4 Å². The number of benzene rings is 1. The summed E-state index contributed by atoms with van der Waals surface area (Å²) in [6, 6.07) is 8.52. The van der Waals surface area contributed by atoms with Gasteiger partial charge in [0.2, 0.25) is 0 Å². The van der Waals surface area contributed by atoms with E-state index in [0.29, 0.717) is 11.7 Å². The molecule has 0 aromatic heterocycles. The predicted octanol–water partition coefficient (Wildman–Crippen LogP) is 5.82. The van der Waals surface area contributed by atoms with Crippen LogP contribution in [-0.4, -0.2) is 26.0 Å². The Morgan fingerprint density at radius 3 is 2.44 bits per heavy atom. The molecule has 1 fully saturated rings. The van der Waals surface area contributed by atoms with E-state index in [9.17, 15) is 8.42 Å². The maximum Gasteiger partial charge on any atom is 0.152 e. The summed E-state index contributed by atoms with van der Waals surface area (Å²) in [4.78, 5) is 0. The molecule has 0 N–H and O–H groups in total. The summed E-state index contributed by atoms with van der Waals surface area (Å²) in [5.41, 5.74) is 1.36. The molecule has 1 saturated carbocycles. The van der Waals surface area contributed by atoms with E-state index in [1.54, 1.807) is 13.8 Å². The molecule has 27 heavy (non-hydrogen) atoms. The Morgan fingerprint density at radius 1 is 1.07 bits per heavy atom. The third kappa shape index (κ3) is 7.85. The molecule has 3 nitrogen and oxygen atoms in total. The van der Waals surface area contributed by atoms with Crippen molar-refractivity contribution in [2.24, 2.45) is 11.8 Å². The zero-order chi connectivity index (χ0) is 19.7. The standard InChI is InChI=1S/C23H38O3S/c1-4-5-16-26-23-11-7-10-21(17-23)9-6-8-20-12-14-22(15-13-20)18-27(24,25)19(2)3/h7,10-11,17,19-20,22H,4-6,8-9,12-16,18H2,1-3H3. The summed E-state index contributed by atoms with van der Waals surface area (Å²) in [6.07, 6.45) is 10.4. The summed E-state index contributed by atoms with van der Waals surface area (Å²) >= 11 is 0. The van der Waals surface area contributed by atoms with Crippen LogP contribution in [-0.2, 0) is 16.3 Å². The molecule has 1 aliphatic carbocycles. The van der Waals surface area contributed by atoms with Crippen molar-refractivity contribution < 1.29 is 13.2 Å². The van der Waals surface area contributed by atoms with Crippen LogP contribution in [0.3, 0.4) is 0 Å². The molecule has 1 aromatic carbocycles. The molecule has 2 rings (SSSR count). The quantitative estimate of drug-likeness (QED) is 0.444. The number of rotatable bonds is 11. The number of hydrogen-bond donors (Lipinski definition) is 0. The molecule has 154 valence electrons. The highest BCUT2D eigenvalue weighted by atomic mass is 32.2. The molecule has 1 aromatic rings. The first-order valence-electron chi connectivity index (χ1n) is 10.8. The Hall–Kier alpha value is -1.03. The van der Waals surface area contributed by atoms with Crippen LogP contribution < -0.4 is 4.74 Å². The fourth-order valence-electron chi connectivity index (χ4n) is 3.93. The number of hydrogen-bond acceptors (Lipinski definition) is 3. The zero-order valence-corrected chi connectivity index (χ0v) is 18.3. The highest BCUT2D eigenvalue weighted by Gasteiger charge is 2.26. The van der Waals surface area contributed by atoms with Gasteiger partial charge >= 0.3 is 0 Å². The first-order chi connectivity index (χ1) is 12.9. The summed E-state index contributed by atoms with van der Waals surface area (Å²) in [7, 11) is -2.89. The van der Waals surface area contributed by atoms with Gasteiger partial charge in [0.25, 0.3) is 0 Å². The van der Waals surface area contributed by atoms with Gasteiger partial charge in [-0.2, -0.15) is 0 Å². The number of unbranched alkanes of at least 4 members (excludes halogenated alkanes) is 1. The lowest BCUT2D eigenvalue weighted by Crippen LogP contribution is -2.26. The van der Waals surface area contributed by atoms with Crippen LogP contribution in [0.25, 0.3) is 0 Å². The predicted molar refractivity (Wildman–Crippen MR) is 114 cm³/mol. The minimum Gasteiger partial charge on any atom is -0.494 e.